The molecular weight excluding hydrogens is 306 g/mol. The molecule has 7 nitrogen and oxygen atoms in total. The number of nitro benzene ring substituents is 1. The van der Waals surface area contributed by atoms with Crippen molar-refractivity contribution in [2.24, 2.45) is 4.36 Å². The summed E-state index contributed by atoms with van der Waals surface area (Å²) in [6.45, 7) is 0. The first kappa shape index (κ1) is 15.8. The molecule has 1 aromatic heterocycles. The topological polar surface area (TPSA) is 103 Å². The Labute approximate surface area is 127 Å². The van der Waals surface area contributed by atoms with Gasteiger partial charge in [-0.2, -0.15) is 4.36 Å². The number of para-hydroxylation sites is 1. The molecule has 1 amide bonds. The number of nitrogens with zero attached hydrogens (tertiary/aromatic N) is 3. The minimum Gasteiger partial charge on any atom is -0.272 e. The summed E-state index contributed by atoms with van der Waals surface area (Å²) in [6.07, 6.45) is 2.49. The van der Waals surface area contributed by atoms with Crippen molar-refractivity contribution in [3.05, 3.63) is 64.3 Å². The van der Waals surface area contributed by atoms with Crippen LogP contribution in [0.2, 0.25) is 0 Å². The molecule has 2 rings (SSSR count). The summed E-state index contributed by atoms with van der Waals surface area (Å²) >= 11 is 0. The summed E-state index contributed by atoms with van der Waals surface area (Å²) in [4.78, 5) is 26.2. The molecule has 0 saturated heterocycles. The molecule has 0 N–H and O–H groups in total. The van der Waals surface area contributed by atoms with Gasteiger partial charge in [0.15, 0.2) is 0 Å². The van der Waals surface area contributed by atoms with Gasteiger partial charge in [0, 0.05) is 24.1 Å². The van der Waals surface area contributed by atoms with E-state index in [-0.39, 0.29) is 22.7 Å². The molecule has 8 heteroatoms. The SMILES string of the molecule is CS(=O)(=NC(=O)Cc1ccccc1[N+](=O)[O-])c1ccccn1. The van der Waals surface area contributed by atoms with Crippen molar-refractivity contribution in [1.82, 2.24) is 4.98 Å². The molecule has 0 radical (unpaired) electrons. The van der Waals surface area contributed by atoms with Crippen LogP contribution in [0.3, 0.4) is 0 Å². The second-order valence-corrected chi connectivity index (χ2v) is 6.72. The highest BCUT2D eigenvalue weighted by Gasteiger charge is 2.17. The maximum absolute atomic E-state index is 12.4. The maximum Gasteiger partial charge on any atom is 0.273 e. The van der Waals surface area contributed by atoms with E-state index in [0.29, 0.717) is 0 Å². The van der Waals surface area contributed by atoms with E-state index in [1.54, 1.807) is 18.2 Å². The van der Waals surface area contributed by atoms with Gasteiger partial charge in [-0.3, -0.25) is 14.9 Å². The van der Waals surface area contributed by atoms with Crippen LogP contribution in [0.25, 0.3) is 0 Å². The van der Waals surface area contributed by atoms with Gasteiger partial charge in [-0.05, 0) is 12.1 Å². The molecule has 1 heterocycles. The third-order valence-electron chi connectivity index (χ3n) is 2.83. The Morgan fingerprint density at radius 2 is 1.95 bits per heavy atom. The van der Waals surface area contributed by atoms with Crippen molar-refractivity contribution in [2.75, 3.05) is 6.26 Å². The van der Waals surface area contributed by atoms with Crippen molar-refractivity contribution in [3.63, 3.8) is 0 Å². The molecule has 0 aliphatic carbocycles. The zero-order valence-corrected chi connectivity index (χ0v) is 12.5. The van der Waals surface area contributed by atoms with Gasteiger partial charge >= 0.3 is 0 Å². The standard InChI is InChI=1S/C14H13N3O4S/c1-22(21,14-8-4-5-9-15-14)16-13(18)10-11-6-2-3-7-12(11)17(19)20/h2-9H,10H2,1H3. The van der Waals surface area contributed by atoms with Crippen molar-refractivity contribution < 1.29 is 13.9 Å². The molecule has 0 aliphatic heterocycles. The minimum atomic E-state index is -2.97. The predicted octanol–water partition coefficient (Wildman–Crippen LogP) is 2.22. The first-order chi connectivity index (χ1) is 10.4. The van der Waals surface area contributed by atoms with E-state index in [1.807, 2.05) is 0 Å². The lowest BCUT2D eigenvalue weighted by molar-refractivity contribution is -0.385. The van der Waals surface area contributed by atoms with Crippen LogP contribution >= 0.6 is 0 Å². The first-order valence-electron chi connectivity index (χ1n) is 6.28. The Hall–Kier alpha value is -2.61. The van der Waals surface area contributed by atoms with E-state index in [9.17, 15) is 19.1 Å². The van der Waals surface area contributed by atoms with Crippen molar-refractivity contribution in [2.45, 2.75) is 11.4 Å². The molecule has 0 aliphatic rings. The molecule has 0 saturated carbocycles. The van der Waals surface area contributed by atoms with Crippen LogP contribution in [0.1, 0.15) is 5.56 Å². The van der Waals surface area contributed by atoms with Gasteiger partial charge in [-0.1, -0.05) is 24.3 Å². The van der Waals surface area contributed by atoms with E-state index in [0.717, 1.165) is 0 Å². The highest BCUT2D eigenvalue weighted by molar-refractivity contribution is 7.93. The first-order valence-corrected chi connectivity index (χ1v) is 8.21. The van der Waals surface area contributed by atoms with Gasteiger partial charge in [0.05, 0.1) is 21.1 Å². The number of nitro groups is 1. The highest BCUT2D eigenvalue weighted by atomic mass is 32.2. The Kier molecular flexibility index (Phi) is 4.62. The predicted molar refractivity (Wildman–Crippen MR) is 80.8 cm³/mol. The summed E-state index contributed by atoms with van der Waals surface area (Å²) in [7, 11) is -2.97. The quantitative estimate of drug-likeness (QED) is 0.635. The number of aromatic nitrogens is 1. The number of carbonyl (C=O) groups excluding carboxylic acids is 1. The highest BCUT2D eigenvalue weighted by Crippen LogP contribution is 2.19. The molecule has 0 spiro atoms. The maximum atomic E-state index is 12.4. The van der Waals surface area contributed by atoms with Gasteiger partial charge in [-0.15, -0.1) is 0 Å². The number of benzene rings is 1. The van der Waals surface area contributed by atoms with Gasteiger partial charge in [0.1, 0.15) is 5.03 Å². The molecule has 1 aromatic carbocycles. The van der Waals surface area contributed by atoms with Crippen LogP contribution in [-0.4, -0.2) is 26.3 Å². The molecule has 114 valence electrons. The number of hydrogen-bond donors (Lipinski definition) is 0. The Balaban J connectivity index is 2.29. The zero-order valence-electron chi connectivity index (χ0n) is 11.7. The lowest BCUT2D eigenvalue weighted by Gasteiger charge is -2.03. The van der Waals surface area contributed by atoms with Crippen molar-refractivity contribution in [3.8, 4) is 0 Å². The van der Waals surface area contributed by atoms with Gasteiger partial charge in [0.25, 0.3) is 11.6 Å². The summed E-state index contributed by atoms with van der Waals surface area (Å²) in [5.74, 6) is -0.688. The Bertz CT molecular complexity index is 827. The third kappa shape index (κ3) is 3.73. The van der Waals surface area contributed by atoms with Crippen LogP contribution in [-0.2, 0) is 20.9 Å². The number of rotatable bonds is 4. The Morgan fingerprint density at radius 1 is 1.27 bits per heavy atom. The van der Waals surface area contributed by atoms with Gasteiger partial charge in [0.2, 0.25) is 0 Å². The Morgan fingerprint density at radius 3 is 2.59 bits per heavy atom. The number of hydrogen-bond acceptors (Lipinski definition) is 5. The number of carbonyl (C=O) groups is 1. The van der Waals surface area contributed by atoms with Crippen LogP contribution in [0, 0.1) is 10.1 Å². The molecule has 1 unspecified atom stereocenters. The average Bonchev–Trinajstić information content (AvgIpc) is 2.48. The monoisotopic (exact) mass is 319 g/mol. The summed E-state index contributed by atoms with van der Waals surface area (Å²) < 4.78 is 16.1. The lowest BCUT2D eigenvalue weighted by Crippen LogP contribution is -2.08. The van der Waals surface area contributed by atoms with E-state index in [2.05, 4.69) is 9.35 Å². The average molecular weight is 319 g/mol. The minimum absolute atomic E-state index is 0.161. The molecule has 1 atom stereocenters. The molecule has 2 aromatic rings. The third-order valence-corrected chi connectivity index (χ3v) is 4.40. The van der Waals surface area contributed by atoms with Gasteiger partial charge in [-0.25, -0.2) is 9.19 Å². The smallest absolute Gasteiger partial charge is 0.272 e. The second-order valence-electron chi connectivity index (χ2n) is 4.52. The lowest BCUT2D eigenvalue weighted by atomic mass is 10.1. The van der Waals surface area contributed by atoms with Crippen LogP contribution in [0.4, 0.5) is 5.69 Å². The molecule has 0 fully saturated rings. The van der Waals surface area contributed by atoms with E-state index in [4.69, 9.17) is 0 Å². The van der Waals surface area contributed by atoms with Crippen molar-refractivity contribution in [1.29, 1.82) is 0 Å². The fourth-order valence-corrected chi connectivity index (χ4v) is 2.98. The van der Waals surface area contributed by atoms with E-state index in [1.165, 1.54) is 36.7 Å². The molecule has 22 heavy (non-hydrogen) atoms. The van der Waals surface area contributed by atoms with E-state index >= 15 is 0 Å². The second kappa shape index (κ2) is 6.44. The normalized spacial score (nSPS) is 13.1. The summed E-state index contributed by atoms with van der Waals surface area (Å²) in [5.41, 5.74) is 0.0731. The molecular formula is C14H13N3O4S. The van der Waals surface area contributed by atoms with Crippen LogP contribution in [0.15, 0.2) is 58.1 Å². The number of amides is 1. The molecule has 0 bridgehead atoms. The summed E-state index contributed by atoms with van der Waals surface area (Å²) in [6, 6.07) is 10.7. The number of pyridine rings is 1. The fourth-order valence-electron chi connectivity index (χ4n) is 1.85. The zero-order chi connectivity index (χ0) is 16.2. The summed E-state index contributed by atoms with van der Waals surface area (Å²) in [5, 5.41) is 11.1. The van der Waals surface area contributed by atoms with Crippen molar-refractivity contribution >= 4 is 21.3 Å². The fraction of sp³-hybridized carbons (Fsp3) is 0.143. The van der Waals surface area contributed by atoms with E-state index < -0.39 is 20.6 Å². The van der Waals surface area contributed by atoms with Crippen LogP contribution in [0.5, 0.6) is 0 Å². The largest absolute Gasteiger partial charge is 0.273 e. The van der Waals surface area contributed by atoms with Gasteiger partial charge < -0.3 is 0 Å². The van der Waals surface area contributed by atoms with Crippen LogP contribution < -0.4 is 0 Å².